The van der Waals surface area contributed by atoms with Crippen molar-refractivity contribution in [3.63, 3.8) is 0 Å². The van der Waals surface area contributed by atoms with E-state index < -0.39 is 0 Å². The van der Waals surface area contributed by atoms with Crippen LogP contribution in [0.2, 0.25) is 0 Å². The van der Waals surface area contributed by atoms with Crippen molar-refractivity contribution in [3.8, 4) is 5.75 Å². The van der Waals surface area contributed by atoms with E-state index in [2.05, 4.69) is 41.8 Å². The molecular formula is C21H23N3O3. The Morgan fingerprint density at radius 3 is 2.81 bits per heavy atom. The zero-order chi connectivity index (χ0) is 18.8. The number of nitrogens with one attached hydrogen (secondary N) is 2. The maximum absolute atomic E-state index is 13.2. The van der Waals surface area contributed by atoms with Gasteiger partial charge in [-0.3, -0.25) is 9.59 Å². The second-order valence-electron chi connectivity index (χ2n) is 6.86. The third-order valence-electron chi connectivity index (χ3n) is 5.14. The van der Waals surface area contributed by atoms with Crippen molar-refractivity contribution >= 4 is 17.5 Å². The van der Waals surface area contributed by atoms with E-state index >= 15 is 0 Å². The van der Waals surface area contributed by atoms with Crippen molar-refractivity contribution in [2.75, 3.05) is 31.6 Å². The summed E-state index contributed by atoms with van der Waals surface area (Å²) >= 11 is 0. The fourth-order valence-electron chi connectivity index (χ4n) is 3.59. The molecule has 1 atom stereocenters. The number of aryl methyl sites for hydroxylation is 1. The van der Waals surface area contributed by atoms with E-state index in [1.54, 1.807) is 18.2 Å². The molecule has 4 rings (SSSR count). The molecule has 0 aliphatic carbocycles. The molecule has 6 nitrogen and oxygen atoms in total. The lowest BCUT2D eigenvalue weighted by Crippen LogP contribution is -2.48. The van der Waals surface area contributed by atoms with Gasteiger partial charge in [0.05, 0.1) is 11.7 Å². The quantitative estimate of drug-likeness (QED) is 0.876. The first-order valence-corrected chi connectivity index (χ1v) is 9.33. The molecule has 2 heterocycles. The SMILES string of the molecule is CCc1ccc(C2CNCCN2C(=O)c2ccc3c(c2)OCC(=O)N3)cc1. The summed E-state index contributed by atoms with van der Waals surface area (Å²) in [4.78, 5) is 26.5. The Kier molecular flexibility index (Phi) is 4.81. The summed E-state index contributed by atoms with van der Waals surface area (Å²) in [5, 5.41) is 6.14. The molecule has 1 fully saturated rings. The third-order valence-corrected chi connectivity index (χ3v) is 5.14. The van der Waals surface area contributed by atoms with E-state index in [4.69, 9.17) is 4.74 Å². The van der Waals surface area contributed by atoms with Gasteiger partial charge in [-0.25, -0.2) is 0 Å². The molecule has 0 saturated carbocycles. The van der Waals surface area contributed by atoms with Crippen molar-refractivity contribution in [2.45, 2.75) is 19.4 Å². The molecule has 6 heteroatoms. The number of benzene rings is 2. The van der Waals surface area contributed by atoms with Crippen molar-refractivity contribution < 1.29 is 14.3 Å². The van der Waals surface area contributed by atoms with Crippen LogP contribution in [0.4, 0.5) is 5.69 Å². The summed E-state index contributed by atoms with van der Waals surface area (Å²) in [6, 6.07) is 13.7. The molecular weight excluding hydrogens is 342 g/mol. The lowest BCUT2D eigenvalue weighted by molar-refractivity contribution is -0.118. The van der Waals surface area contributed by atoms with Crippen LogP contribution in [-0.2, 0) is 11.2 Å². The number of amides is 2. The van der Waals surface area contributed by atoms with Crippen LogP contribution in [0.1, 0.15) is 34.5 Å². The lowest BCUT2D eigenvalue weighted by atomic mass is 10.00. The smallest absolute Gasteiger partial charge is 0.262 e. The fraction of sp³-hybridized carbons (Fsp3) is 0.333. The molecule has 2 aromatic carbocycles. The minimum atomic E-state index is -0.181. The van der Waals surface area contributed by atoms with E-state index in [0.717, 1.165) is 25.1 Å². The van der Waals surface area contributed by atoms with Crippen LogP contribution in [0.15, 0.2) is 42.5 Å². The normalized spacial score (nSPS) is 19.1. The van der Waals surface area contributed by atoms with Crippen LogP contribution < -0.4 is 15.4 Å². The molecule has 1 unspecified atom stereocenters. The first-order valence-electron chi connectivity index (χ1n) is 9.33. The fourth-order valence-corrected chi connectivity index (χ4v) is 3.59. The van der Waals surface area contributed by atoms with Crippen molar-refractivity contribution in [1.82, 2.24) is 10.2 Å². The number of hydrogen-bond donors (Lipinski definition) is 2. The summed E-state index contributed by atoms with van der Waals surface area (Å²) < 4.78 is 5.46. The first kappa shape index (κ1) is 17.5. The Hall–Kier alpha value is -2.86. The van der Waals surface area contributed by atoms with Crippen LogP contribution in [0.5, 0.6) is 5.75 Å². The Balaban J connectivity index is 1.59. The van der Waals surface area contributed by atoms with Gasteiger partial charge in [-0.2, -0.15) is 0 Å². The van der Waals surface area contributed by atoms with Gasteiger partial charge in [0.2, 0.25) is 0 Å². The van der Waals surface area contributed by atoms with Gasteiger partial charge in [-0.15, -0.1) is 0 Å². The number of carbonyl (C=O) groups excluding carboxylic acids is 2. The first-order chi connectivity index (χ1) is 13.2. The topological polar surface area (TPSA) is 70.7 Å². The Bertz CT molecular complexity index is 863. The van der Waals surface area contributed by atoms with Crippen LogP contribution in [0.25, 0.3) is 0 Å². The highest BCUT2D eigenvalue weighted by molar-refractivity contribution is 5.99. The van der Waals surface area contributed by atoms with Gasteiger partial charge in [0.25, 0.3) is 11.8 Å². The monoisotopic (exact) mass is 365 g/mol. The van der Waals surface area contributed by atoms with Gasteiger partial charge in [-0.05, 0) is 35.7 Å². The van der Waals surface area contributed by atoms with E-state index in [1.165, 1.54) is 5.56 Å². The van der Waals surface area contributed by atoms with Crippen LogP contribution in [-0.4, -0.2) is 43.0 Å². The van der Waals surface area contributed by atoms with Gasteiger partial charge in [0.1, 0.15) is 5.75 Å². The van der Waals surface area contributed by atoms with Crippen molar-refractivity contribution in [1.29, 1.82) is 0 Å². The minimum absolute atomic E-state index is 0.00573. The highest BCUT2D eigenvalue weighted by atomic mass is 16.5. The number of nitrogens with zero attached hydrogens (tertiary/aromatic N) is 1. The van der Waals surface area contributed by atoms with Gasteiger partial charge >= 0.3 is 0 Å². The predicted octanol–water partition coefficient (Wildman–Crippen LogP) is 2.37. The molecule has 2 aliphatic rings. The maximum atomic E-state index is 13.2. The number of anilines is 1. The second kappa shape index (κ2) is 7.40. The molecule has 140 valence electrons. The predicted molar refractivity (Wildman–Crippen MR) is 103 cm³/mol. The molecule has 2 amide bonds. The number of carbonyl (C=O) groups is 2. The van der Waals surface area contributed by atoms with E-state index in [0.29, 0.717) is 23.5 Å². The molecule has 0 spiro atoms. The number of hydrogen-bond acceptors (Lipinski definition) is 4. The maximum Gasteiger partial charge on any atom is 0.262 e. The van der Waals surface area contributed by atoms with Gasteiger partial charge in [0, 0.05) is 25.2 Å². The zero-order valence-electron chi connectivity index (χ0n) is 15.3. The Morgan fingerprint density at radius 2 is 2.04 bits per heavy atom. The highest BCUT2D eigenvalue weighted by Crippen LogP contribution is 2.31. The standard InChI is InChI=1S/C21H23N3O3/c1-2-14-3-5-15(6-4-14)18-12-22-9-10-24(18)21(26)16-7-8-17-19(11-16)27-13-20(25)23-17/h3-8,11,18,22H,2,9-10,12-13H2,1H3,(H,23,25). The summed E-state index contributed by atoms with van der Waals surface area (Å²) in [5.74, 6) is 0.336. The summed E-state index contributed by atoms with van der Waals surface area (Å²) in [6.45, 7) is 4.26. The summed E-state index contributed by atoms with van der Waals surface area (Å²) in [6.07, 6.45) is 0.998. The molecule has 2 aliphatic heterocycles. The largest absolute Gasteiger partial charge is 0.482 e. The average Bonchev–Trinajstić information content (AvgIpc) is 2.73. The van der Waals surface area contributed by atoms with E-state index in [9.17, 15) is 9.59 Å². The van der Waals surface area contributed by atoms with E-state index in [-0.39, 0.29) is 24.5 Å². The Labute approximate surface area is 158 Å². The molecule has 0 aromatic heterocycles. The molecule has 1 saturated heterocycles. The van der Waals surface area contributed by atoms with Crippen LogP contribution in [0.3, 0.4) is 0 Å². The molecule has 2 aromatic rings. The number of ether oxygens (including phenoxy) is 1. The van der Waals surface area contributed by atoms with Crippen LogP contribution >= 0.6 is 0 Å². The molecule has 2 N–H and O–H groups in total. The molecule has 0 bridgehead atoms. The van der Waals surface area contributed by atoms with E-state index in [1.807, 2.05) is 4.90 Å². The Morgan fingerprint density at radius 1 is 1.22 bits per heavy atom. The highest BCUT2D eigenvalue weighted by Gasteiger charge is 2.29. The van der Waals surface area contributed by atoms with Gasteiger partial charge < -0.3 is 20.3 Å². The van der Waals surface area contributed by atoms with Crippen molar-refractivity contribution in [2.24, 2.45) is 0 Å². The summed E-state index contributed by atoms with van der Waals surface area (Å²) in [7, 11) is 0. The number of piperazine rings is 1. The number of rotatable bonds is 3. The summed E-state index contributed by atoms with van der Waals surface area (Å²) in [5.41, 5.74) is 3.60. The third kappa shape index (κ3) is 3.53. The molecule has 0 radical (unpaired) electrons. The second-order valence-corrected chi connectivity index (χ2v) is 6.86. The van der Waals surface area contributed by atoms with Crippen LogP contribution in [0, 0.1) is 0 Å². The average molecular weight is 365 g/mol. The molecule has 27 heavy (non-hydrogen) atoms. The van der Waals surface area contributed by atoms with Gasteiger partial charge in [0.15, 0.2) is 6.61 Å². The van der Waals surface area contributed by atoms with Gasteiger partial charge in [-0.1, -0.05) is 31.2 Å². The lowest BCUT2D eigenvalue weighted by Gasteiger charge is -2.37. The zero-order valence-corrected chi connectivity index (χ0v) is 15.3. The minimum Gasteiger partial charge on any atom is -0.482 e. The van der Waals surface area contributed by atoms with Crippen molar-refractivity contribution in [3.05, 3.63) is 59.2 Å². The number of fused-ring (bicyclic) bond motifs is 1.